The summed E-state index contributed by atoms with van der Waals surface area (Å²) >= 11 is 0. The highest BCUT2D eigenvalue weighted by molar-refractivity contribution is 5.91. The number of carbonyl (C=O) groups excluding carboxylic acids is 1. The second kappa shape index (κ2) is 6.62. The molecular formula is C9H19N3O. The third kappa shape index (κ3) is 6.31. The van der Waals surface area contributed by atoms with Crippen molar-refractivity contribution >= 4 is 5.91 Å². The highest BCUT2D eigenvalue weighted by Gasteiger charge is 2.01. The third-order valence-corrected chi connectivity index (χ3v) is 1.90. The van der Waals surface area contributed by atoms with Crippen LogP contribution in [0, 0.1) is 5.92 Å². The van der Waals surface area contributed by atoms with Gasteiger partial charge in [0.1, 0.15) is 0 Å². The van der Waals surface area contributed by atoms with Crippen LogP contribution in [0.5, 0.6) is 0 Å². The van der Waals surface area contributed by atoms with Gasteiger partial charge in [-0.3, -0.25) is 16.1 Å². The molecule has 1 atom stereocenters. The number of amides is 1. The van der Waals surface area contributed by atoms with E-state index in [1.165, 1.54) is 0 Å². The van der Waals surface area contributed by atoms with Gasteiger partial charge in [0, 0.05) is 12.1 Å². The molecule has 0 fully saturated rings. The smallest absolute Gasteiger partial charge is 0.244 e. The summed E-state index contributed by atoms with van der Waals surface area (Å²) in [6, 6.07) is 0. The standard InChI is InChI=1S/C9H19N3O/c1-7(4-3-5-12-11)6-8(2)9(10)13/h6-7,12H,3-5,11H2,1-2H3,(H2,10,13). The molecule has 0 aromatic heterocycles. The molecule has 0 saturated carbocycles. The summed E-state index contributed by atoms with van der Waals surface area (Å²) in [6.45, 7) is 4.59. The molecule has 13 heavy (non-hydrogen) atoms. The Morgan fingerprint density at radius 3 is 2.69 bits per heavy atom. The van der Waals surface area contributed by atoms with Crippen molar-refractivity contribution in [2.45, 2.75) is 26.7 Å². The van der Waals surface area contributed by atoms with Crippen LogP contribution in [0.15, 0.2) is 11.6 Å². The van der Waals surface area contributed by atoms with Crippen molar-refractivity contribution in [1.29, 1.82) is 0 Å². The fourth-order valence-electron chi connectivity index (χ4n) is 1.12. The van der Waals surface area contributed by atoms with Crippen molar-refractivity contribution in [2.75, 3.05) is 6.54 Å². The Hall–Kier alpha value is -0.870. The SMILES string of the molecule is CC(=CC(C)CCCNN)C(N)=O. The maximum atomic E-state index is 10.7. The van der Waals surface area contributed by atoms with E-state index < -0.39 is 0 Å². The number of hydrogen-bond donors (Lipinski definition) is 3. The first-order valence-electron chi connectivity index (χ1n) is 4.49. The number of nitrogens with two attached hydrogens (primary N) is 2. The summed E-state index contributed by atoms with van der Waals surface area (Å²) in [7, 11) is 0. The van der Waals surface area contributed by atoms with E-state index in [4.69, 9.17) is 11.6 Å². The lowest BCUT2D eigenvalue weighted by atomic mass is 10.0. The molecule has 0 aliphatic carbocycles. The largest absolute Gasteiger partial charge is 0.366 e. The molecule has 1 unspecified atom stereocenters. The Balaban J connectivity index is 3.78. The van der Waals surface area contributed by atoms with Gasteiger partial charge in [-0.1, -0.05) is 13.0 Å². The lowest BCUT2D eigenvalue weighted by Gasteiger charge is -2.06. The van der Waals surface area contributed by atoms with E-state index in [-0.39, 0.29) is 5.91 Å². The molecule has 0 radical (unpaired) electrons. The summed E-state index contributed by atoms with van der Waals surface area (Å²) in [5.41, 5.74) is 8.32. The van der Waals surface area contributed by atoms with Gasteiger partial charge in [-0.05, 0) is 25.7 Å². The third-order valence-electron chi connectivity index (χ3n) is 1.90. The number of nitrogens with one attached hydrogen (secondary N) is 1. The van der Waals surface area contributed by atoms with E-state index in [9.17, 15) is 4.79 Å². The van der Waals surface area contributed by atoms with E-state index in [2.05, 4.69) is 12.3 Å². The summed E-state index contributed by atoms with van der Waals surface area (Å²) < 4.78 is 0. The minimum Gasteiger partial charge on any atom is -0.366 e. The highest BCUT2D eigenvalue weighted by atomic mass is 16.1. The van der Waals surface area contributed by atoms with Gasteiger partial charge >= 0.3 is 0 Å². The number of allylic oxidation sites excluding steroid dienone is 1. The number of hydrazine groups is 1. The zero-order valence-corrected chi connectivity index (χ0v) is 8.34. The van der Waals surface area contributed by atoms with Crippen molar-refractivity contribution in [3.63, 3.8) is 0 Å². The van der Waals surface area contributed by atoms with Gasteiger partial charge in [-0.2, -0.15) is 0 Å². The van der Waals surface area contributed by atoms with Crippen LogP contribution in [0.2, 0.25) is 0 Å². The fourth-order valence-corrected chi connectivity index (χ4v) is 1.12. The van der Waals surface area contributed by atoms with E-state index in [1.54, 1.807) is 6.92 Å². The van der Waals surface area contributed by atoms with E-state index in [0.29, 0.717) is 11.5 Å². The summed E-state index contributed by atoms with van der Waals surface area (Å²) in [6.07, 6.45) is 3.91. The summed E-state index contributed by atoms with van der Waals surface area (Å²) in [5.74, 6) is 5.16. The zero-order chi connectivity index (χ0) is 10.3. The monoisotopic (exact) mass is 185 g/mol. The molecule has 76 valence electrons. The molecule has 0 rings (SSSR count). The molecule has 0 aromatic rings. The van der Waals surface area contributed by atoms with Crippen LogP contribution in [0.3, 0.4) is 0 Å². The quantitative estimate of drug-likeness (QED) is 0.241. The zero-order valence-electron chi connectivity index (χ0n) is 8.34. The molecule has 5 N–H and O–H groups in total. The number of primary amides is 1. The predicted molar refractivity (Wildman–Crippen MR) is 53.5 cm³/mol. The average Bonchev–Trinajstić information content (AvgIpc) is 2.04. The van der Waals surface area contributed by atoms with Crippen LogP contribution in [-0.4, -0.2) is 12.5 Å². The van der Waals surface area contributed by atoms with Crippen molar-refractivity contribution in [2.24, 2.45) is 17.5 Å². The van der Waals surface area contributed by atoms with Gasteiger partial charge in [-0.15, -0.1) is 0 Å². The molecule has 4 nitrogen and oxygen atoms in total. The van der Waals surface area contributed by atoms with Crippen LogP contribution in [0.1, 0.15) is 26.7 Å². The molecule has 0 aliphatic heterocycles. The van der Waals surface area contributed by atoms with Gasteiger partial charge in [0.2, 0.25) is 5.91 Å². The van der Waals surface area contributed by atoms with E-state index in [0.717, 1.165) is 19.4 Å². The van der Waals surface area contributed by atoms with Gasteiger partial charge in [0.05, 0.1) is 0 Å². The Morgan fingerprint density at radius 2 is 2.23 bits per heavy atom. The van der Waals surface area contributed by atoms with Crippen molar-refractivity contribution in [1.82, 2.24) is 5.43 Å². The Bertz CT molecular complexity index is 189. The summed E-state index contributed by atoms with van der Waals surface area (Å²) in [5, 5.41) is 0. The lowest BCUT2D eigenvalue weighted by Crippen LogP contribution is -2.23. The predicted octanol–water partition coefficient (Wildman–Crippen LogP) is 0.298. The number of rotatable bonds is 6. The molecule has 0 heterocycles. The van der Waals surface area contributed by atoms with Gasteiger partial charge in [0.25, 0.3) is 0 Å². The number of carbonyl (C=O) groups is 1. The highest BCUT2D eigenvalue weighted by Crippen LogP contribution is 2.09. The topological polar surface area (TPSA) is 81.1 Å². The Morgan fingerprint density at radius 1 is 1.62 bits per heavy atom. The van der Waals surface area contributed by atoms with Crippen molar-refractivity contribution < 1.29 is 4.79 Å². The van der Waals surface area contributed by atoms with Gasteiger partial charge in [0.15, 0.2) is 0 Å². The van der Waals surface area contributed by atoms with Crippen LogP contribution in [0.25, 0.3) is 0 Å². The van der Waals surface area contributed by atoms with E-state index in [1.807, 2.05) is 6.08 Å². The van der Waals surface area contributed by atoms with Crippen LogP contribution in [0.4, 0.5) is 0 Å². The molecular weight excluding hydrogens is 166 g/mol. The minimum absolute atomic E-state index is 0.344. The van der Waals surface area contributed by atoms with E-state index >= 15 is 0 Å². The Kier molecular flexibility index (Phi) is 6.18. The molecule has 0 aliphatic rings. The van der Waals surface area contributed by atoms with Crippen LogP contribution < -0.4 is 17.0 Å². The fraction of sp³-hybridized carbons (Fsp3) is 0.667. The second-order valence-corrected chi connectivity index (χ2v) is 3.29. The normalized spacial score (nSPS) is 14.2. The molecule has 1 amide bonds. The summed E-state index contributed by atoms with van der Waals surface area (Å²) in [4.78, 5) is 10.7. The van der Waals surface area contributed by atoms with Crippen LogP contribution in [-0.2, 0) is 4.79 Å². The maximum absolute atomic E-state index is 10.7. The maximum Gasteiger partial charge on any atom is 0.244 e. The Labute approximate surface area is 79.3 Å². The van der Waals surface area contributed by atoms with Gasteiger partial charge in [-0.25, -0.2) is 0 Å². The van der Waals surface area contributed by atoms with Crippen molar-refractivity contribution in [3.8, 4) is 0 Å². The lowest BCUT2D eigenvalue weighted by molar-refractivity contribution is -0.114. The first-order valence-corrected chi connectivity index (χ1v) is 4.49. The number of hydrogen-bond acceptors (Lipinski definition) is 3. The molecule has 4 heteroatoms. The molecule has 0 spiro atoms. The average molecular weight is 185 g/mol. The van der Waals surface area contributed by atoms with Gasteiger partial charge < -0.3 is 5.73 Å². The van der Waals surface area contributed by atoms with Crippen molar-refractivity contribution in [3.05, 3.63) is 11.6 Å². The van der Waals surface area contributed by atoms with Crippen LogP contribution >= 0.6 is 0 Å². The first-order chi connectivity index (χ1) is 6.07. The first kappa shape index (κ1) is 12.1. The molecule has 0 bridgehead atoms. The minimum atomic E-state index is -0.344. The molecule has 0 aromatic carbocycles. The molecule has 0 saturated heterocycles. The second-order valence-electron chi connectivity index (χ2n) is 3.29.